The number of hydrogen-bond acceptors (Lipinski definition) is 1. The average Bonchev–Trinajstić information content (AvgIpc) is 2.11. The van der Waals surface area contributed by atoms with Crippen molar-refractivity contribution >= 4 is 5.78 Å². The van der Waals surface area contributed by atoms with Crippen molar-refractivity contribution in [2.24, 2.45) is 0 Å². The van der Waals surface area contributed by atoms with Gasteiger partial charge in [0.1, 0.15) is 0 Å². The molecule has 2 aliphatic rings. The predicted molar refractivity (Wildman–Crippen MR) is 53.4 cm³/mol. The molecule has 1 heteroatoms. The highest BCUT2D eigenvalue weighted by atomic mass is 16.1. The molecule has 1 nitrogen and oxygen atoms in total. The number of carbonyl (C=O) groups excluding carboxylic acids is 1. The molecule has 0 heterocycles. The Morgan fingerprint density at radius 1 is 1.08 bits per heavy atom. The van der Waals surface area contributed by atoms with Crippen LogP contribution in [0.4, 0.5) is 0 Å². The Morgan fingerprint density at radius 3 is 2.85 bits per heavy atom. The molecule has 0 N–H and O–H groups in total. The minimum atomic E-state index is 0.302. The number of fused-ring (bicyclic) bond motifs is 1. The molecule has 0 bridgehead atoms. The van der Waals surface area contributed by atoms with Crippen LogP contribution >= 0.6 is 0 Å². The quantitative estimate of drug-likeness (QED) is 0.551. The van der Waals surface area contributed by atoms with Gasteiger partial charge in [0.05, 0.1) is 0 Å². The topological polar surface area (TPSA) is 17.1 Å². The molecule has 0 radical (unpaired) electrons. The minimum absolute atomic E-state index is 0.302. The van der Waals surface area contributed by atoms with Crippen LogP contribution in [-0.4, -0.2) is 5.78 Å². The number of rotatable bonds is 0. The molecule has 0 aromatic heterocycles. The van der Waals surface area contributed by atoms with E-state index in [9.17, 15) is 4.79 Å². The summed E-state index contributed by atoms with van der Waals surface area (Å²) in [6.45, 7) is 0. The van der Waals surface area contributed by atoms with E-state index in [0.29, 0.717) is 5.78 Å². The lowest BCUT2D eigenvalue weighted by Crippen LogP contribution is -2.03. The number of hydrogen-bond donors (Lipinski definition) is 0. The first kappa shape index (κ1) is 8.49. The third kappa shape index (κ3) is 1.97. The number of carbonyl (C=O) groups is 1. The van der Waals surface area contributed by atoms with Crippen LogP contribution < -0.4 is 0 Å². The van der Waals surface area contributed by atoms with Crippen molar-refractivity contribution in [3.63, 3.8) is 0 Å². The Hall–Kier alpha value is -1.11. The molecule has 2 aliphatic carbocycles. The summed E-state index contributed by atoms with van der Waals surface area (Å²) >= 11 is 0. The largest absolute Gasteiger partial charge is 0.295 e. The second-order valence-corrected chi connectivity index (χ2v) is 3.67. The van der Waals surface area contributed by atoms with Crippen LogP contribution in [-0.2, 0) is 4.79 Å². The Labute approximate surface area is 78.8 Å². The fraction of sp³-hybridized carbons (Fsp3) is 0.417. The zero-order valence-corrected chi connectivity index (χ0v) is 7.75. The molecular formula is C12H14O. The predicted octanol–water partition coefficient (Wildman–Crippen LogP) is 2.94. The van der Waals surface area contributed by atoms with Gasteiger partial charge in [-0.3, -0.25) is 4.79 Å². The van der Waals surface area contributed by atoms with Crippen molar-refractivity contribution < 1.29 is 4.79 Å². The maximum Gasteiger partial charge on any atom is 0.155 e. The average molecular weight is 174 g/mol. The highest BCUT2D eigenvalue weighted by molar-refractivity contribution is 5.91. The highest BCUT2D eigenvalue weighted by Gasteiger charge is 2.11. The van der Waals surface area contributed by atoms with E-state index >= 15 is 0 Å². The van der Waals surface area contributed by atoms with Gasteiger partial charge in [-0.2, -0.15) is 0 Å². The van der Waals surface area contributed by atoms with E-state index in [0.717, 1.165) is 32.1 Å². The zero-order valence-electron chi connectivity index (χ0n) is 7.75. The van der Waals surface area contributed by atoms with Gasteiger partial charge in [0.2, 0.25) is 0 Å². The molecule has 0 aliphatic heterocycles. The second-order valence-electron chi connectivity index (χ2n) is 3.67. The van der Waals surface area contributed by atoms with Crippen molar-refractivity contribution in [1.29, 1.82) is 0 Å². The molecule has 0 spiro atoms. The Morgan fingerprint density at radius 2 is 1.92 bits per heavy atom. The standard InChI is InChI=1S/C12H14O/c13-12-8-4-3-6-10-5-1-2-7-11(10)9-12/h1-2,5,9H,3-4,6-8H2. The van der Waals surface area contributed by atoms with Crippen molar-refractivity contribution in [2.75, 3.05) is 0 Å². The lowest BCUT2D eigenvalue weighted by Gasteiger charge is -2.15. The summed E-state index contributed by atoms with van der Waals surface area (Å²) in [7, 11) is 0. The van der Waals surface area contributed by atoms with Crippen molar-refractivity contribution in [1.82, 2.24) is 0 Å². The second kappa shape index (κ2) is 3.73. The molecule has 68 valence electrons. The summed E-state index contributed by atoms with van der Waals surface area (Å²) in [4.78, 5) is 11.4. The molecule has 0 aromatic carbocycles. The van der Waals surface area contributed by atoms with Crippen LogP contribution in [0.5, 0.6) is 0 Å². The summed E-state index contributed by atoms with van der Waals surface area (Å²) in [5.41, 5.74) is 2.61. The van der Waals surface area contributed by atoms with Gasteiger partial charge < -0.3 is 0 Å². The van der Waals surface area contributed by atoms with Crippen LogP contribution in [0.2, 0.25) is 0 Å². The maximum absolute atomic E-state index is 11.4. The van der Waals surface area contributed by atoms with E-state index in [2.05, 4.69) is 18.2 Å². The fourth-order valence-electron chi connectivity index (χ4n) is 1.89. The summed E-state index contributed by atoms with van der Waals surface area (Å²) in [5, 5.41) is 0. The molecule has 0 amide bonds. The zero-order chi connectivity index (χ0) is 9.10. The lowest BCUT2D eigenvalue weighted by atomic mass is 9.90. The first-order valence-corrected chi connectivity index (χ1v) is 4.96. The maximum atomic E-state index is 11.4. The van der Waals surface area contributed by atoms with Gasteiger partial charge in [-0.1, -0.05) is 18.2 Å². The van der Waals surface area contributed by atoms with E-state index < -0.39 is 0 Å². The Balaban J connectivity index is 2.28. The van der Waals surface area contributed by atoms with Crippen LogP contribution in [0, 0.1) is 0 Å². The smallest absolute Gasteiger partial charge is 0.155 e. The van der Waals surface area contributed by atoms with E-state index in [1.165, 1.54) is 11.1 Å². The number of allylic oxidation sites excluding steroid dienone is 6. The molecule has 0 unspecified atom stereocenters. The normalized spacial score (nSPS) is 22.6. The van der Waals surface area contributed by atoms with Crippen molar-refractivity contribution in [2.45, 2.75) is 32.1 Å². The number of ketones is 1. The third-order valence-corrected chi connectivity index (χ3v) is 2.64. The summed E-state index contributed by atoms with van der Waals surface area (Å²) in [6, 6.07) is 0. The highest BCUT2D eigenvalue weighted by Crippen LogP contribution is 2.26. The molecule has 0 saturated carbocycles. The molecule has 0 aromatic rings. The lowest BCUT2D eigenvalue weighted by molar-refractivity contribution is -0.114. The van der Waals surface area contributed by atoms with Gasteiger partial charge in [-0.15, -0.1) is 0 Å². The first-order chi connectivity index (χ1) is 6.36. The SMILES string of the molecule is O=C1C=C2CC=CC=C2CCCC1. The van der Waals surface area contributed by atoms with Gasteiger partial charge in [0.25, 0.3) is 0 Å². The summed E-state index contributed by atoms with van der Waals surface area (Å²) in [6.07, 6.45) is 13.2. The molecule has 0 atom stereocenters. The van der Waals surface area contributed by atoms with E-state index in [1.807, 2.05) is 6.08 Å². The Kier molecular flexibility index (Phi) is 2.44. The first-order valence-electron chi connectivity index (χ1n) is 4.96. The van der Waals surface area contributed by atoms with Crippen molar-refractivity contribution in [3.8, 4) is 0 Å². The van der Waals surface area contributed by atoms with Crippen molar-refractivity contribution in [3.05, 3.63) is 35.5 Å². The van der Waals surface area contributed by atoms with Crippen LogP contribution in [0.3, 0.4) is 0 Å². The molecule has 0 fully saturated rings. The van der Waals surface area contributed by atoms with Gasteiger partial charge in [0, 0.05) is 6.42 Å². The van der Waals surface area contributed by atoms with Crippen LogP contribution in [0.1, 0.15) is 32.1 Å². The van der Waals surface area contributed by atoms with Crippen LogP contribution in [0.25, 0.3) is 0 Å². The fourth-order valence-corrected chi connectivity index (χ4v) is 1.89. The monoisotopic (exact) mass is 174 g/mol. The van der Waals surface area contributed by atoms with E-state index in [4.69, 9.17) is 0 Å². The summed E-state index contributed by atoms with van der Waals surface area (Å²) in [5.74, 6) is 0.302. The minimum Gasteiger partial charge on any atom is -0.295 e. The third-order valence-electron chi connectivity index (χ3n) is 2.64. The van der Waals surface area contributed by atoms with Gasteiger partial charge in [-0.25, -0.2) is 0 Å². The Bertz CT molecular complexity index is 305. The van der Waals surface area contributed by atoms with E-state index in [1.54, 1.807) is 0 Å². The van der Waals surface area contributed by atoms with Gasteiger partial charge in [0.15, 0.2) is 5.78 Å². The molecule has 2 rings (SSSR count). The summed E-state index contributed by atoms with van der Waals surface area (Å²) < 4.78 is 0. The van der Waals surface area contributed by atoms with Crippen LogP contribution in [0.15, 0.2) is 35.5 Å². The molecule has 0 saturated heterocycles. The molecule has 13 heavy (non-hydrogen) atoms. The van der Waals surface area contributed by atoms with Gasteiger partial charge in [-0.05, 0) is 42.9 Å². The van der Waals surface area contributed by atoms with E-state index in [-0.39, 0.29) is 0 Å². The molecular weight excluding hydrogens is 160 g/mol. The van der Waals surface area contributed by atoms with Gasteiger partial charge >= 0.3 is 0 Å².